The molecule has 0 radical (unpaired) electrons. The zero-order chi connectivity index (χ0) is 15.1. The number of carbonyl (C=O) groups excluding carboxylic acids is 1. The van der Waals surface area contributed by atoms with Gasteiger partial charge in [0.25, 0.3) is 0 Å². The first-order valence-electron chi connectivity index (χ1n) is 6.73. The number of amides is 1. The number of aryl methyl sites for hydroxylation is 1. The summed E-state index contributed by atoms with van der Waals surface area (Å²) in [5.41, 5.74) is 3.60. The molecule has 2 aromatic rings. The molecule has 21 heavy (non-hydrogen) atoms. The summed E-state index contributed by atoms with van der Waals surface area (Å²) < 4.78 is 0. The minimum Gasteiger partial charge on any atom is -0.376 e. The molecule has 0 atom stereocenters. The summed E-state index contributed by atoms with van der Waals surface area (Å²) in [6.45, 7) is 2.72. The third-order valence-corrected chi connectivity index (χ3v) is 3.06. The van der Waals surface area contributed by atoms with Crippen LogP contribution < -0.4 is 10.6 Å². The minimum absolute atomic E-state index is 0.0852. The quantitative estimate of drug-likeness (QED) is 0.884. The Morgan fingerprint density at radius 2 is 1.95 bits per heavy atom. The molecule has 0 aliphatic rings. The number of hydrogen-bond donors (Lipinski definition) is 2. The first-order chi connectivity index (χ1) is 10.2. The molecule has 0 bridgehead atoms. The monoisotopic (exact) mass is 279 g/mol. The van der Waals surface area contributed by atoms with E-state index in [9.17, 15) is 4.79 Å². The molecule has 2 rings (SSSR count). The van der Waals surface area contributed by atoms with Gasteiger partial charge in [0.15, 0.2) is 0 Å². The lowest BCUT2D eigenvalue weighted by atomic mass is 10.1. The molecule has 0 unspecified atom stereocenters. The SMILES string of the molecule is Cc1ccc(CNC(=O)CNc2cccc(C#N)c2)cc1. The Morgan fingerprint density at radius 3 is 2.67 bits per heavy atom. The Hall–Kier alpha value is -2.80. The van der Waals surface area contributed by atoms with E-state index < -0.39 is 0 Å². The van der Waals surface area contributed by atoms with Crippen molar-refractivity contribution in [3.8, 4) is 6.07 Å². The van der Waals surface area contributed by atoms with Gasteiger partial charge in [0, 0.05) is 12.2 Å². The molecule has 1 amide bonds. The number of hydrogen-bond acceptors (Lipinski definition) is 3. The molecule has 106 valence electrons. The molecule has 0 fully saturated rings. The van der Waals surface area contributed by atoms with Gasteiger partial charge in [-0.2, -0.15) is 5.26 Å². The van der Waals surface area contributed by atoms with Crippen molar-refractivity contribution in [2.45, 2.75) is 13.5 Å². The molecule has 4 nitrogen and oxygen atoms in total. The van der Waals surface area contributed by atoms with Gasteiger partial charge in [-0.1, -0.05) is 35.9 Å². The molecule has 0 saturated carbocycles. The van der Waals surface area contributed by atoms with Crippen LogP contribution in [0.2, 0.25) is 0 Å². The summed E-state index contributed by atoms with van der Waals surface area (Å²) in [5.74, 6) is -0.0852. The van der Waals surface area contributed by atoms with Gasteiger partial charge in [-0.3, -0.25) is 4.79 Å². The zero-order valence-electron chi connectivity index (χ0n) is 11.9. The molecule has 0 aliphatic carbocycles. The molecule has 0 heterocycles. The predicted molar refractivity (Wildman–Crippen MR) is 82.7 cm³/mol. The van der Waals surface area contributed by atoms with E-state index in [0.29, 0.717) is 12.1 Å². The van der Waals surface area contributed by atoms with Crippen LogP contribution in [0.1, 0.15) is 16.7 Å². The maximum Gasteiger partial charge on any atom is 0.239 e. The average molecular weight is 279 g/mol. The van der Waals surface area contributed by atoms with E-state index in [1.54, 1.807) is 18.2 Å². The molecular weight excluding hydrogens is 262 g/mol. The highest BCUT2D eigenvalue weighted by atomic mass is 16.1. The van der Waals surface area contributed by atoms with Gasteiger partial charge < -0.3 is 10.6 Å². The Labute approximate surface area is 124 Å². The van der Waals surface area contributed by atoms with Gasteiger partial charge in [0.2, 0.25) is 5.91 Å². The molecule has 0 aromatic heterocycles. The maximum atomic E-state index is 11.8. The number of carbonyl (C=O) groups is 1. The number of benzene rings is 2. The van der Waals surface area contributed by atoms with Crippen LogP contribution in [0, 0.1) is 18.3 Å². The second-order valence-corrected chi connectivity index (χ2v) is 4.81. The standard InChI is InChI=1S/C17H17N3O/c1-13-5-7-14(8-6-13)11-20-17(21)12-19-16-4-2-3-15(9-16)10-18/h2-9,19H,11-12H2,1H3,(H,20,21). The summed E-state index contributed by atoms with van der Waals surface area (Å²) in [7, 11) is 0. The fourth-order valence-corrected chi connectivity index (χ4v) is 1.85. The Balaban J connectivity index is 1.79. The Morgan fingerprint density at radius 1 is 1.19 bits per heavy atom. The van der Waals surface area contributed by atoms with Gasteiger partial charge in [-0.05, 0) is 30.7 Å². The number of rotatable bonds is 5. The van der Waals surface area contributed by atoms with Crippen LogP contribution in [0.25, 0.3) is 0 Å². The highest BCUT2D eigenvalue weighted by Crippen LogP contribution is 2.09. The average Bonchev–Trinajstić information content (AvgIpc) is 2.52. The highest BCUT2D eigenvalue weighted by molar-refractivity contribution is 5.80. The Bertz CT molecular complexity index is 656. The van der Waals surface area contributed by atoms with Crippen LogP contribution in [0.3, 0.4) is 0 Å². The van der Waals surface area contributed by atoms with Crippen LogP contribution >= 0.6 is 0 Å². The fraction of sp³-hybridized carbons (Fsp3) is 0.176. The predicted octanol–water partition coefficient (Wildman–Crippen LogP) is 2.60. The second-order valence-electron chi connectivity index (χ2n) is 4.81. The smallest absolute Gasteiger partial charge is 0.239 e. The van der Waals surface area contributed by atoms with Crippen LogP contribution in [-0.2, 0) is 11.3 Å². The van der Waals surface area contributed by atoms with E-state index in [0.717, 1.165) is 11.3 Å². The van der Waals surface area contributed by atoms with Crippen LogP contribution in [0.4, 0.5) is 5.69 Å². The van der Waals surface area contributed by atoms with E-state index in [1.165, 1.54) is 5.56 Å². The van der Waals surface area contributed by atoms with E-state index in [1.807, 2.05) is 37.3 Å². The molecule has 2 N–H and O–H groups in total. The van der Waals surface area contributed by atoms with Crippen molar-refractivity contribution in [1.82, 2.24) is 5.32 Å². The number of nitriles is 1. The van der Waals surface area contributed by atoms with E-state index in [4.69, 9.17) is 5.26 Å². The van der Waals surface area contributed by atoms with Crippen LogP contribution in [0.5, 0.6) is 0 Å². The number of anilines is 1. The van der Waals surface area contributed by atoms with Crippen molar-refractivity contribution in [1.29, 1.82) is 5.26 Å². The van der Waals surface area contributed by atoms with Gasteiger partial charge in [-0.15, -0.1) is 0 Å². The van der Waals surface area contributed by atoms with E-state index in [2.05, 4.69) is 16.7 Å². The lowest BCUT2D eigenvalue weighted by Crippen LogP contribution is -2.29. The molecule has 0 aliphatic heterocycles. The summed E-state index contributed by atoms with van der Waals surface area (Å²) in [4.78, 5) is 11.8. The van der Waals surface area contributed by atoms with Crippen molar-refractivity contribution in [2.24, 2.45) is 0 Å². The summed E-state index contributed by atoms with van der Waals surface area (Å²) in [6.07, 6.45) is 0. The van der Waals surface area contributed by atoms with Crippen molar-refractivity contribution in [3.05, 3.63) is 65.2 Å². The summed E-state index contributed by atoms with van der Waals surface area (Å²) in [5, 5.41) is 14.7. The lowest BCUT2D eigenvalue weighted by Gasteiger charge is -2.08. The topological polar surface area (TPSA) is 64.9 Å². The number of nitrogens with one attached hydrogen (secondary N) is 2. The number of nitrogens with zero attached hydrogens (tertiary/aromatic N) is 1. The maximum absolute atomic E-state index is 11.8. The van der Waals surface area contributed by atoms with Crippen LogP contribution in [0.15, 0.2) is 48.5 Å². The van der Waals surface area contributed by atoms with Gasteiger partial charge in [0.1, 0.15) is 0 Å². The Kier molecular flexibility index (Phi) is 4.94. The van der Waals surface area contributed by atoms with Crippen molar-refractivity contribution in [3.63, 3.8) is 0 Å². The largest absolute Gasteiger partial charge is 0.376 e. The lowest BCUT2D eigenvalue weighted by molar-refractivity contribution is -0.119. The van der Waals surface area contributed by atoms with Gasteiger partial charge in [-0.25, -0.2) is 0 Å². The zero-order valence-corrected chi connectivity index (χ0v) is 11.9. The molecule has 0 spiro atoms. The summed E-state index contributed by atoms with van der Waals surface area (Å²) >= 11 is 0. The minimum atomic E-state index is -0.0852. The van der Waals surface area contributed by atoms with E-state index >= 15 is 0 Å². The molecule has 2 aromatic carbocycles. The van der Waals surface area contributed by atoms with Crippen molar-refractivity contribution in [2.75, 3.05) is 11.9 Å². The van der Waals surface area contributed by atoms with Gasteiger partial charge >= 0.3 is 0 Å². The third kappa shape index (κ3) is 4.66. The molecular formula is C17H17N3O. The van der Waals surface area contributed by atoms with Crippen LogP contribution in [-0.4, -0.2) is 12.5 Å². The van der Waals surface area contributed by atoms with E-state index in [-0.39, 0.29) is 12.5 Å². The second kappa shape index (κ2) is 7.11. The first kappa shape index (κ1) is 14.6. The first-order valence-corrected chi connectivity index (χ1v) is 6.73. The van der Waals surface area contributed by atoms with Crippen molar-refractivity contribution >= 4 is 11.6 Å². The van der Waals surface area contributed by atoms with Gasteiger partial charge in [0.05, 0.1) is 18.2 Å². The normalized spacial score (nSPS) is 9.71. The molecule has 4 heteroatoms. The third-order valence-electron chi connectivity index (χ3n) is 3.06. The van der Waals surface area contributed by atoms with Crippen molar-refractivity contribution < 1.29 is 4.79 Å². The highest BCUT2D eigenvalue weighted by Gasteiger charge is 2.02. The fourth-order valence-electron chi connectivity index (χ4n) is 1.85. The molecule has 0 saturated heterocycles. The summed E-state index contributed by atoms with van der Waals surface area (Å²) in [6, 6.07) is 17.2.